The second kappa shape index (κ2) is 6.03. The maximum Gasteiger partial charge on any atom is 0.257 e. The molecule has 0 aliphatic carbocycles. The Morgan fingerprint density at radius 3 is 3.00 bits per heavy atom. The zero-order valence-corrected chi connectivity index (χ0v) is 8.82. The average molecular weight is 208 g/mol. The maximum absolute atomic E-state index is 10.9. The summed E-state index contributed by atoms with van der Waals surface area (Å²) in [6.07, 6.45) is 0.817. The molecule has 0 aliphatic heterocycles. The summed E-state index contributed by atoms with van der Waals surface area (Å²) in [5.41, 5.74) is 6.57. The van der Waals surface area contributed by atoms with Crippen LogP contribution in [-0.2, 0) is 11.2 Å². The van der Waals surface area contributed by atoms with E-state index in [1.54, 1.807) is 7.05 Å². The number of nitrogens with two attached hydrogens (primary N) is 1. The molecule has 0 fully saturated rings. The van der Waals surface area contributed by atoms with E-state index in [4.69, 9.17) is 10.5 Å². The Bertz CT molecular complexity index is 326. The van der Waals surface area contributed by atoms with Crippen LogP contribution >= 0.6 is 0 Å². The largest absolute Gasteiger partial charge is 0.484 e. The highest BCUT2D eigenvalue weighted by molar-refractivity contribution is 5.77. The minimum absolute atomic E-state index is 0.0442. The number of hydrogen-bond donors (Lipinski definition) is 2. The number of nitrogens with one attached hydrogen (secondary N) is 1. The fourth-order valence-corrected chi connectivity index (χ4v) is 1.18. The Morgan fingerprint density at radius 1 is 1.53 bits per heavy atom. The molecule has 0 spiro atoms. The van der Waals surface area contributed by atoms with E-state index in [0.29, 0.717) is 12.3 Å². The van der Waals surface area contributed by atoms with Gasteiger partial charge in [-0.1, -0.05) is 12.1 Å². The third-order valence-corrected chi connectivity index (χ3v) is 1.98. The summed E-state index contributed by atoms with van der Waals surface area (Å²) in [5, 5.41) is 2.49. The summed E-state index contributed by atoms with van der Waals surface area (Å²) in [5.74, 6) is 0.559. The molecule has 82 valence electrons. The van der Waals surface area contributed by atoms with E-state index in [0.717, 1.165) is 12.0 Å². The third-order valence-electron chi connectivity index (χ3n) is 1.98. The highest BCUT2D eigenvalue weighted by Crippen LogP contribution is 2.13. The van der Waals surface area contributed by atoms with Gasteiger partial charge in [0.15, 0.2) is 6.61 Å². The number of hydrogen-bond acceptors (Lipinski definition) is 3. The Kier molecular flexibility index (Phi) is 4.63. The van der Waals surface area contributed by atoms with Gasteiger partial charge in [0.2, 0.25) is 0 Å². The molecule has 1 amide bonds. The zero-order chi connectivity index (χ0) is 11.1. The molecule has 15 heavy (non-hydrogen) atoms. The minimum atomic E-state index is -0.140. The van der Waals surface area contributed by atoms with Crippen molar-refractivity contribution in [3.05, 3.63) is 29.8 Å². The molecule has 4 heteroatoms. The van der Waals surface area contributed by atoms with Crippen molar-refractivity contribution in [1.29, 1.82) is 0 Å². The van der Waals surface area contributed by atoms with E-state index in [1.165, 1.54) is 0 Å². The van der Waals surface area contributed by atoms with Crippen LogP contribution in [0.3, 0.4) is 0 Å². The molecular weight excluding hydrogens is 192 g/mol. The number of amides is 1. The van der Waals surface area contributed by atoms with E-state index in [1.807, 2.05) is 24.3 Å². The standard InChI is InChI=1S/C11H16N2O2/c1-13-11(14)8-15-10-4-2-3-9(7-10)5-6-12/h2-4,7H,5-6,8,12H2,1H3,(H,13,14). The molecule has 0 bridgehead atoms. The third kappa shape index (κ3) is 3.99. The highest BCUT2D eigenvalue weighted by Gasteiger charge is 2.00. The minimum Gasteiger partial charge on any atom is -0.484 e. The van der Waals surface area contributed by atoms with E-state index in [-0.39, 0.29) is 12.5 Å². The molecule has 0 unspecified atom stereocenters. The number of rotatable bonds is 5. The second-order valence-electron chi connectivity index (χ2n) is 3.15. The van der Waals surface area contributed by atoms with Gasteiger partial charge in [-0.05, 0) is 30.7 Å². The Morgan fingerprint density at radius 2 is 2.33 bits per heavy atom. The van der Waals surface area contributed by atoms with Gasteiger partial charge in [-0.25, -0.2) is 0 Å². The molecule has 1 rings (SSSR count). The van der Waals surface area contributed by atoms with Crippen LogP contribution in [0.4, 0.5) is 0 Å². The van der Waals surface area contributed by atoms with Crippen molar-refractivity contribution in [3.8, 4) is 5.75 Å². The number of ether oxygens (including phenoxy) is 1. The molecule has 0 saturated carbocycles. The summed E-state index contributed by atoms with van der Waals surface area (Å²) < 4.78 is 5.29. The molecule has 0 aliphatic rings. The van der Waals surface area contributed by atoms with Crippen LogP contribution < -0.4 is 15.8 Å². The first-order valence-corrected chi connectivity index (χ1v) is 4.88. The van der Waals surface area contributed by atoms with Crippen molar-refractivity contribution in [3.63, 3.8) is 0 Å². The summed E-state index contributed by atoms with van der Waals surface area (Å²) in [7, 11) is 1.58. The van der Waals surface area contributed by atoms with Crippen molar-refractivity contribution in [2.24, 2.45) is 5.73 Å². The van der Waals surface area contributed by atoms with Gasteiger partial charge in [0.1, 0.15) is 5.75 Å². The van der Waals surface area contributed by atoms with Crippen molar-refractivity contribution in [2.45, 2.75) is 6.42 Å². The molecule has 0 aromatic heterocycles. The number of likely N-dealkylation sites (N-methyl/N-ethyl adjacent to an activating group) is 1. The molecule has 1 aromatic carbocycles. The van der Waals surface area contributed by atoms with Gasteiger partial charge in [0.25, 0.3) is 5.91 Å². The van der Waals surface area contributed by atoms with Crippen molar-refractivity contribution in [1.82, 2.24) is 5.32 Å². The van der Waals surface area contributed by atoms with Crippen LogP contribution in [-0.4, -0.2) is 26.1 Å². The van der Waals surface area contributed by atoms with E-state index in [2.05, 4.69) is 5.32 Å². The lowest BCUT2D eigenvalue weighted by Crippen LogP contribution is -2.24. The molecular formula is C11H16N2O2. The van der Waals surface area contributed by atoms with E-state index in [9.17, 15) is 4.79 Å². The first-order chi connectivity index (χ1) is 7.26. The Hall–Kier alpha value is -1.55. The summed E-state index contributed by atoms with van der Waals surface area (Å²) in [4.78, 5) is 10.9. The number of carbonyl (C=O) groups is 1. The van der Waals surface area contributed by atoms with Gasteiger partial charge in [-0.2, -0.15) is 0 Å². The molecule has 0 saturated heterocycles. The smallest absolute Gasteiger partial charge is 0.257 e. The maximum atomic E-state index is 10.9. The molecule has 4 nitrogen and oxygen atoms in total. The quantitative estimate of drug-likeness (QED) is 0.732. The van der Waals surface area contributed by atoms with E-state index >= 15 is 0 Å². The van der Waals surface area contributed by atoms with Crippen LogP contribution in [0, 0.1) is 0 Å². The van der Waals surface area contributed by atoms with Gasteiger partial charge in [-0.15, -0.1) is 0 Å². The fourth-order valence-electron chi connectivity index (χ4n) is 1.18. The highest BCUT2D eigenvalue weighted by atomic mass is 16.5. The molecule has 3 N–H and O–H groups in total. The lowest BCUT2D eigenvalue weighted by atomic mass is 10.1. The monoisotopic (exact) mass is 208 g/mol. The second-order valence-corrected chi connectivity index (χ2v) is 3.15. The fraction of sp³-hybridized carbons (Fsp3) is 0.364. The summed E-state index contributed by atoms with van der Waals surface area (Å²) >= 11 is 0. The van der Waals surface area contributed by atoms with Crippen LogP contribution in [0.25, 0.3) is 0 Å². The first kappa shape index (κ1) is 11.5. The Balaban J connectivity index is 2.53. The van der Waals surface area contributed by atoms with Crippen molar-refractivity contribution >= 4 is 5.91 Å². The average Bonchev–Trinajstić information content (AvgIpc) is 2.27. The topological polar surface area (TPSA) is 64.3 Å². The number of benzene rings is 1. The van der Waals surface area contributed by atoms with Crippen LogP contribution in [0.1, 0.15) is 5.56 Å². The SMILES string of the molecule is CNC(=O)COc1cccc(CCN)c1. The predicted molar refractivity (Wildman–Crippen MR) is 58.8 cm³/mol. The summed E-state index contributed by atoms with van der Waals surface area (Å²) in [6.45, 7) is 0.654. The molecule has 0 heterocycles. The molecule has 0 atom stereocenters. The Labute approximate surface area is 89.4 Å². The lowest BCUT2D eigenvalue weighted by Gasteiger charge is -2.06. The molecule has 0 radical (unpaired) electrons. The summed E-state index contributed by atoms with van der Waals surface area (Å²) in [6, 6.07) is 7.60. The van der Waals surface area contributed by atoms with Gasteiger partial charge in [0, 0.05) is 7.05 Å². The van der Waals surface area contributed by atoms with Gasteiger partial charge in [-0.3, -0.25) is 4.79 Å². The van der Waals surface area contributed by atoms with Crippen molar-refractivity contribution in [2.75, 3.05) is 20.2 Å². The zero-order valence-electron chi connectivity index (χ0n) is 8.82. The van der Waals surface area contributed by atoms with E-state index < -0.39 is 0 Å². The lowest BCUT2D eigenvalue weighted by molar-refractivity contribution is -0.122. The van der Waals surface area contributed by atoms with Crippen LogP contribution in [0.15, 0.2) is 24.3 Å². The van der Waals surface area contributed by atoms with Gasteiger partial charge in [0.05, 0.1) is 0 Å². The normalized spacial score (nSPS) is 9.73. The van der Waals surface area contributed by atoms with Gasteiger partial charge >= 0.3 is 0 Å². The predicted octanol–water partition coefficient (Wildman–Crippen LogP) is 0.313. The molecule has 1 aromatic rings. The number of carbonyl (C=O) groups excluding carboxylic acids is 1. The van der Waals surface area contributed by atoms with Crippen LogP contribution in [0.2, 0.25) is 0 Å². The first-order valence-electron chi connectivity index (χ1n) is 4.88. The van der Waals surface area contributed by atoms with Gasteiger partial charge < -0.3 is 15.8 Å². The van der Waals surface area contributed by atoms with Crippen LogP contribution in [0.5, 0.6) is 5.75 Å². The van der Waals surface area contributed by atoms with Crippen molar-refractivity contribution < 1.29 is 9.53 Å².